The van der Waals surface area contributed by atoms with Crippen molar-refractivity contribution < 1.29 is 29.3 Å². The molecule has 2 N–H and O–H groups in total. The Labute approximate surface area is 185 Å². The Morgan fingerprint density at radius 3 is 2.65 bits per heavy atom. The average Bonchev–Trinajstić information content (AvgIpc) is 3.00. The van der Waals surface area contributed by atoms with Crippen LogP contribution in [-0.4, -0.2) is 53.0 Å². The number of hydrogen-bond donors (Lipinski definition) is 2. The molecule has 4 rings (SSSR count). The van der Waals surface area contributed by atoms with Crippen LogP contribution in [0, 0.1) is 28.6 Å². The zero-order valence-corrected chi connectivity index (χ0v) is 19.4. The van der Waals surface area contributed by atoms with E-state index >= 15 is 0 Å². The summed E-state index contributed by atoms with van der Waals surface area (Å²) >= 11 is 0. The van der Waals surface area contributed by atoms with Crippen LogP contribution < -0.4 is 0 Å². The molecule has 0 aromatic heterocycles. The summed E-state index contributed by atoms with van der Waals surface area (Å²) in [6.07, 6.45) is 6.21. The third-order valence-corrected chi connectivity index (χ3v) is 9.32. The van der Waals surface area contributed by atoms with Gasteiger partial charge >= 0.3 is 0 Å². The van der Waals surface area contributed by atoms with Crippen molar-refractivity contribution in [1.82, 2.24) is 0 Å². The number of fused-ring (bicyclic) bond motifs is 5. The van der Waals surface area contributed by atoms with Crippen LogP contribution in [0.2, 0.25) is 0 Å². The van der Waals surface area contributed by atoms with Gasteiger partial charge in [0.15, 0.2) is 11.6 Å². The van der Waals surface area contributed by atoms with Gasteiger partial charge in [-0.3, -0.25) is 9.59 Å². The van der Waals surface area contributed by atoms with E-state index < -0.39 is 23.7 Å². The van der Waals surface area contributed by atoms with Gasteiger partial charge in [-0.15, -0.1) is 0 Å². The first-order chi connectivity index (χ1) is 14.6. The fourth-order valence-electron chi connectivity index (χ4n) is 7.85. The topological polar surface area (TPSA) is 93.1 Å². The number of ether oxygens (including phenoxy) is 2. The van der Waals surface area contributed by atoms with Gasteiger partial charge in [0.25, 0.3) is 0 Å². The van der Waals surface area contributed by atoms with Crippen LogP contribution in [0.1, 0.15) is 72.6 Å². The molecular formula is C25H38O6. The predicted octanol–water partition coefficient (Wildman–Crippen LogP) is 3.19. The fraction of sp³-hybridized carbons (Fsp3) is 0.840. The normalized spacial score (nSPS) is 44.5. The van der Waals surface area contributed by atoms with Gasteiger partial charge in [-0.2, -0.15) is 0 Å². The third kappa shape index (κ3) is 3.36. The standard InChI is InChI=1S/C25H38O6/c1-15(2)30-14-31-25(21(29)13-26)10-8-19-18-6-5-16-11-17(27)7-9-23(16,3)22(18)20(28)12-24(19,25)4/h11,15,18-20,22,26,28H,5-10,12-14H2,1-4H3/t18-,19-,20?,22+,23-,24-,25-/m0/s1. The van der Waals surface area contributed by atoms with E-state index in [1.807, 2.05) is 19.9 Å². The van der Waals surface area contributed by atoms with Crippen molar-refractivity contribution in [2.24, 2.45) is 28.6 Å². The van der Waals surface area contributed by atoms with Crippen molar-refractivity contribution >= 4 is 11.6 Å². The van der Waals surface area contributed by atoms with Crippen molar-refractivity contribution in [3.63, 3.8) is 0 Å². The Kier molecular flexibility index (Phi) is 6.00. The Morgan fingerprint density at radius 2 is 1.97 bits per heavy atom. The minimum Gasteiger partial charge on any atom is -0.393 e. The predicted molar refractivity (Wildman–Crippen MR) is 115 cm³/mol. The van der Waals surface area contributed by atoms with E-state index in [2.05, 4.69) is 13.8 Å². The number of aliphatic hydroxyl groups excluding tert-OH is 2. The lowest BCUT2D eigenvalue weighted by Gasteiger charge is -2.61. The number of rotatable bonds is 6. The second kappa shape index (κ2) is 8.05. The lowest BCUT2D eigenvalue weighted by atomic mass is 9.45. The van der Waals surface area contributed by atoms with Gasteiger partial charge in [0.05, 0.1) is 12.2 Å². The number of Topliss-reactive ketones (excluding diaryl/α,β-unsaturated/α-hetero) is 1. The van der Waals surface area contributed by atoms with Gasteiger partial charge in [-0.25, -0.2) is 0 Å². The summed E-state index contributed by atoms with van der Waals surface area (Å²) in [5.74, 6) is 0.485. The van der Waals surface area contributed by atoms with E-state index in [0.29, 0.717) is 19.3 Å². The molecule has 1 unspecified atom stereocenters. The fourth-order valence-corrected chi connectivity index (χ4v) is 7.85. The highest BCUT2D eigenvalue weighted by molar-refractivity contribution is 5.92. The minimum atomic E-state index is -1.13. The van der Waals surface area contributed by atoms with Gasteiger partial charge in [0.2, 0.25) is 0 Å². The zero-order valence-electron chi connectivity index (χ0n) is 19.4. The van der Waals surface area contributed by atoms with E-state index in [-0.39, 0.29) is 47.6 Å². The van der Waals surface area contributed by atoms with E-state index in [1.165, 1.54) is 5.57 Å². The van der Waals surface area contributed by atoms with E-state index in [1.54, 1.807) is 0 Å². The van der Waals surface area contributed by atoms with Gasteiger partial charge in [-0.1, -0.05) is 19.4 Å². The van der Waals surface area contributed by atoms with Gasteiger partial charge < -0.3 is 19.7 Å². The maximum absolute atomic E-state index is 13.1. The molecule has 0 aromatic carbocycles. The smallest absolute Gasteiger partial charge is 0.190 e. The van der Waals surface area contributed by atoms with Crippen LogP contribution in [0.15, 0.2) is 11.6 Å². The summed E-state index contributed by atoms with van der Waals surface area (Å²) < 4.78 is 11.8. The van der Waals surface area contributed by atoms with E-state index in [9.17, 15) is 19.8 Å². The Hall–Kier alpha value is -1.08. The Balaban J connectivity index is 1.68. The summed E-state index contributed by atoms with van der Waals surface area (Å²) in [6, 6.07) is 0. The molecule has 3 saturated carbocycles. The summed E-state index contributed by atoms with van der Waals surface area (Å²) in [6.45, 7) is 7.57. The lowest BCUT2D eigenvalue weighted by Crippen LogP contribution is -2.63. The van der Waals surface area contributed by atoms with Crippen molar-refractivity contribution in [1.29, 1.82) is 0 Å². The second-order valence-electron chi connectivity index (χ2n) is 11.0. The summed E-state index contributed by atoms with van der Waals surface area (Å²) in [7, 11) is 0. The molecule has 4 aliphatic rings. The lowest BCUT2D eigenvalue weighted by molar-refractivity contribution is -0.224. The van der Waals surface area contributed by atoms with Gasteiger partial charge in [0.1, 0.15) is 19.0 Å². The molecule has 0 aliphatic heterocycles. The highest BCUT2D eigenvalue weighted by atomic mass is 16.7. The van der Waals surface area contributed by atoms with Crippen LogP contribution >= 0.6 is 0 Å². The number of allylic oxidation sites excluding steroid dienone is 1. The largest absolute Gasteiger partial charge is 0.393 e. The highest BCUT2D eigenvalue weighted by Crippen LogP contribution is 2.68. The Bertz CT molecular complexity index is 774. The number of carbonyl (C=O) groups is 2. The van der Waals surface area contributed by atoms with E-state index in [4.69, 9.17) is 9.47 Å². The summed E-state index contributed by atoms with van der Waals surface area (Å²) in [5, 5.41) is 21.3. The molecule has 0 heterocycles. The van der Waals surface area contributed by atoms with Crippen LogP contribution in [0.5, 0.6) is 0 Å². The van der Waals surface area contributed by atoms with Crippen molar-refractivity contribution in [2.75, 3.05) is 13.4 Å². The molecular weight excluding hydrogens is 396 g/mol. The first kappa shape index (κ1) is 23.1. The maximum Gasteiger partial charge on any atom is 0.190 e. The maximum atomic E-state index is 13.1. The number of carbonyl (C=O) groups excluding carboxylic acids is 2. The quantitative estimate of drug-likeness (QED) is 0.624. The van der Waals surface area contributed by atoms with Crippen molar-refractivity contribution in [3.05, 3.63) is 11.6 Å². The molecule has 4 aliphatic carbocycles. The van der Waals surface area contributed by atoms with Crippen LogP contribution in [-0.2, 0) is 19.1 Å². The molecule has 0 aromatic rings. The SMILES string of the molecule is CC(C)OCO[C@]1(C(=O)CO)CC[C@H]2[C@@H]3CCC4=CC(=O)CC[C@]4(C)[C@H]3C(O)C[C@@]21C. The highest BCUT2D eigenvalue weighted by Gasteiger charge is 2.69. The van der Waals surface area contributed by atoms with Crippen LogP contribution in [0.4, 0.5) is 0 Å². The number of aliphatic hydroxyl groups is 2. The molecule has 0 radical (unpaired) electrons. The number of ketones is 2. The molecule has 7 atom stereocenters. The molecule has 31 heavy (non-hydrogen) atoms. The molecule has 0 bridgehead atoms. The van der Waals surface area contributed by atoms with Crippen molar-refractivity contribution in [3.8, 4) is 0 Å². The van der Waals surface area contributed by atoms with E-state index in [0.717, 1.165) is 25.7 Å². The molecule has 6 heteroatoms. The van der Waals surface area contributed by atoms with Gasteiger partial charge in [0, 0.05) is 11.8 Å². The first-order valence-corrected chi connectivity index (χ1v) is 11.9. The van der Waals surface area contributed by atoms with Gasteiger partial charge in [-0.05, 0) is 81.6 Å². The van der Waals surface area contributed by atoms with Crippen molar-refractivity contribution in [2.45, 2.75) is 90.4 Å². The molecule has 0 amide bonds. The molecule has 3 fully saturated rings. The van der Waals surface area contributed by atoms with Crippen LogP contribution in [0.25, 0.3) is 0 Å². The zero-order chi connectivity index (χ0) is 22.6. The molecule has 174 valence electrons. The average molecular weight is 435 g/mol. The summed E-state index contributed by atoms with van der Waals surface area (Å²) in [5.41, 5.74) is -0.654. The third-order valence-electron chi connectivity index (χ3n) is 9.32. The Morgan fingerprint density at radius 1 is 1.23 bits per heavy atom. The summed E-state index contributed by atoms with van der Waals surface area (Å²) in [4.78, 5) is 25.2. The molecule has 6 nitrogen and oxygen atoms in total. The second-order valence-corrected chi connectivity index (χ2v) is 11.0. The van der Waals surface area contributed by atoms with Crippen LogP contribution in [0.3, 0.4) is 0 Å². The number of hydrogen-bond acceptors (Lipinski definition) is 6. The minimum absolute atomic E-state index is 0.00260. The molecule has 0 spiro atoms. The first-order valence-electron chi connectivity index (χ1n) is 11.9. The monoisotopic (exact) mass is 434 g/mol. The molecule has 0 saturated heterocycles.